The number of benzene rings is 2. The lowest BCUT2D eigenvalue weighted by Crippen LogP contribution is -2.48. The van der Waals surface area contributed by atoms with Gasteiger partial charge in [-0.05, 0) is 43.2 Å². The highest BCUT2D eigenvalue weighted by Gasteiger charge is 2.40. The maximum atomic E-state index is 12.5. The molecule has 146 valence electrons. The number of fused-ring (bicyclic) bond motifs is 1. The number of nitrogens with one attached hydrogen (secondary N) is 1. The molecule has 3 rings (SSSR count). The fourth-order valence-corrected chi connectivity index (χ4v) is 3.19. The van der Waals surface area contributed by atoms with Crippen molar-refractivity contribution in [1.29, 1.82) is 0 Å². The smallest absolute Gasteiger partial charge is 0.262 e. The third-order valence-corrected chi connectivity index (χ3v) is 4.75. The van der Waals surface area contributed by atoms with Crippen LogP contribution in [0.5, 0.6) is 11.5 Å². The Morgan fingerprint density at radius 2 is 1.61 bits per heavy atom. The van der Waals surface area contributed by atoms with Crippen LogP contribution in [-0.4, -0.2) is 49.4 Å². The molecule has 1 heterocycles. The second-order valence-electron chi connectivity index (χ2n) is 6.43. The van der Waals surface area contributed by atoms with Crippen LogP contribution < -0.4 is 14.8 Å². The van der Waals surface area contributed by atoms with Crippen LogP contribution in [0.4, 0.5) is 0 Å². The Hall–Kier alpha value is -3.35. The normalized spacial score (nSPS) is 13.9. The summed E-state index contributed by atoms with van der Waals surface area (Å²) < 4.78 is 10.5. The molecule has 0 saturated carbocycles. The lowest BCUT2D eigenvalue weighted by atomic mass is 10.1. The number of carbonyl (C=O) groups excluding carboxylic acids is 3. The molecular weight excluding hydrogens is 360 g/mol. The topological polar surface area (TPSA) is 84.9 Å². The summed E-state index contributed by atoms with van der Waals surface area (Å²) in [7, 11) is 3.13. The number of hydrogen-bond donors (Lipinski definition) is 1. The molecule has 0 saturated heterocycles. The van der Waals surface area contributed by atoms with E-state index in [1.54, 1.807) is 51.5 Å². The maximum Gasteiger partial charge on any atom is 0.262 e. The van der Waals surface area contributed by atoms with Crippen molar-refractivity contribution >= 4 is 17.7 Å². The van der Waals surface area contributed by atoms with Gasteiger partial charge in [-0.2, -0.15) is 0 Å². The fourth-order valence-electron chi connectivity index (χ4n) is 3.19. The Balaban J connectivity index is 1.60. The second kappa shape index (κ2) is 8.12. The third kappa shape index (κ3) is 3.55. The first-order chi connectivity index (χ1) is 13.5. The van der Waals surface area contributed by atoms with Crippen LogP contribution in [-0.2, 0) is 11.2 Å². The molecule has 7 heteroatoms. The van der Waals surface area contributed by atoms with Crippen LogP contribution in [0.3, 0.4) is 0 Å². The number of imide groups is 1. The van der Waals surface area contributed by atoms with E-state index in [0.29, 0.717) is 35.6 Å². The van der Waals surface area contributed by atoms with Crippen molar-refractivity contribution in [2.75, 3.05) is 20.8 Å². The van der Waals surface area contributed by atoms with Gasteiger partial charge in [0.1, 0.15) is 6.04 Å². The Morgan fingerprint density at radius 1 is 1.00 bits per heavy atom. The van der Waals surface area contributed by atoms with E-state index in [-0.39, 0.29) is 5.91 Å². The SMILES string of the molecule is COc1ccc(CCNC(=O)C(C)N2C(=O)c3ccccc3C2=O)cc1OC. The van der Waals surface area contributed by atoms with Gasteiger partial charge in [0.2, 0.25) is 5.91 Å². The predicted molar refractivity (Wildman–Crippen MR) is 103 cm³/mol. The Morgan fingerprint density at radius 3 is 2.18 bits per heavy atom. The molecule has 0 aromatic heterocycles. The number of carbonyl (C=O) groups is 3. The van der Waals surface area contributed by atoms with Gasteiger partial charge in [0.05, 0.1) is 25.3 Å². The van der Waals surface area contributed by atoms with Gasteiger partial charge in [-0.25, -0.2) is 0 Å². The molecule has 1 aliphatic rings. The molecule has 0 aliphatic carbocycles. The lowest BCUT2D eigenvalue weighted by Gasteiger charge is -2.21. The monoisotopic (exact) mass is 382 g/mol. The largest absolute Gasteiger partial charge is 0.493 e. The van der Waals surface area contributed by atoms with Crippen LogP contribution in [0.2, 0.25) is 0 Å². The summed E-state index contributed by atoms with van der Waals surface area (Å²) in [5.41, 5.74) is 1.63. The minimum atomic E-state index is -0.891. The van der Waals surface area contributed by atoms with E-state index in [4.69, 9.17) is 9.47 Å². The minimum Gasteiger partial charge on any atom is -0.493 e. The Kier molecular flexibility index (Phi) is 5.63. The number of rotatable bonds is 7. The van der Waals surface area contributed by atoms with Gasteiger partial charge >= 0.3 is 0 Å². The fraction of sp³-hybridized carbons (Fsp3) is 0.286. The van der Waals surface area contributed by atoms with E-state index in [9.17, 15) is 14.4 Å². The summed E-state index contributed by atoms with van der Waals surface area (Å²) in [6, 6.07) is 11.2. The molecule has 0 bridgehead atoms. The summed E-state index contributed by atoms with van der Waals surface area (Å²) in [4.78, 5) is 38.5. The predicted octanol–water partition coefficient (Wildman–Crippen LogP) is 2.05. The molecule has 2 aromatic carbocycles. The molecule has 0 radical (unpaired) electrons. The molecule has 7 nitrogen and oxygen atoms in total. The van der Waals surface area contributed by atoms with Crippen molar-refractivity contribution in [2.24, 2.45) is 0 Å². The first-order valence-corrected chi connectivity index (χ1v) is 8.93. The first-order valence-electron chi connectivity index (χ1n) is 8.93. The van der Waals surface area contributed by atoms with E-state index in [2.05, 4.69) is 5.32 Å². The average Bonchev–Trinajstić information content (AvgIpc) is 2.97. The number of amides is 3. The maximum absolute atomic E-state index is 12.5. The number of ether oxygens (including phenoxy) is 2. The summed E-state index contributed by atoms with van der Waals surface area (Å²) in [6.07, 6.45) is 0.570. The second-order valence-corrected chi connectivity index (χ2v) is 6.43. The Bertz CT molecular complexity index is 890. The standard InChI is InChI=1S/C21H22N2O5/c1-13(23-20(25)15-6-4-5-7-16(15)21(23)26)19(24)22-11-10-14-8-9-17(27-2)18(12-14)28-3/h4-9,12-13H,10-11H2,1-3H3,(H,22,24). The number of hydrogen-bond acceptors (Lipinski definition) is 5. The highest BCUT2D eigenvalue weighted by Crippen LogP contribution is 2.27. The molecule has 1 atom stereocenters. The molecule has 28 heavy (non-hydrogen) atoms. The zero-order valence-corrected chi connectivity index (χ0v) is 16.0. The quantitative estimate of drug-likeness (QED) is 0.741. The van der Waals surface area contributed by atoms with Crippen molar-refractivity contribution in [2.45, 2.75) is 19.4 Å². The van der Waals surface area contributed by atoms with Gasteiger partial charge in [0.25, 0.3) is 11.8 Å². The highest BCUT2D eigenvalue weighted by molar-refractivity contribution is 6.22. The highest BCUT2D eigenvalue weighted by atomic mass is 16.5. The van der Waals surface area contributed by atoms with E-state index in [1.807, 2.05) is 12.1 Å². The van der Waals surface area contributed by atoms with Crippen LogP contribution in [0.25, 0.3) is 0 Å². The molecule has 1 unspecified atom stereocenters. The van der Waals surface area contributed by atoms with Gasteiger partial charge in [-0.3, -0.25) is 19.3 Å². The zero-order chi connectivity index (χ0) is 20.3. The van der Waals surface area contributed by atoms with Crippen LogP contribution >= 0.6 is 0 Å². The van der Waals surface area contributed by atoms with E-state index in [0.717, 1.165) is 10.5 Å². The van der Waals surface area contributed by atoms with Crippen LogP contribution in [0, 0.1) is 0 Å². The summed E-state index contributed by atoms with van der Waals surface area (Å²) in [5, 5.41) is 2.78. The van der Waals surface area contributed by atoms with Crippen LogP contribution in [0.1, 0.15) is 33.2 Å². The molecule has 0 fully saturated rings. The average molecular weight is 382 g/mol. The molecule has 3 amide bonds. The van der Waals surface area contributed by atoms with Crippen LogP contribution in [0.15, 0.2) is 42.5 Å². The zero-order valence-electron chi connectivity index (χ0n) is 16.0. The van der Waals surface area contributed by atoms with E-state index in [1.165, 1.54) is 0 Å². The molecule has 0 spiro atoms. The van der Waals surface area contributed by atoms with Crippen molar-refractivity contribution in [3.63, 3.8) is 0 Å². The number of nitrogens with zero attached hydrogens (tertiary/aromatic N) is 1. The molecule has 1 aliphatic heterocycles. The first kappa shape index (κ1) is 19.4. The summed E-state index contributed by atoms with van der Waals surface area (Å²) in [5.74, 6) is -0.0125. The lowest BCUT2D eigenvalue weighted by molar-refractivity contribution is -0.124. The summed E-state index contributed by atoms with van der Waals surface area (Å²) in [6.45, 7) is 1.91. The Labute approximate surface area is 163 Å². The van der Waals surface area contributed by atoms with Crippen molar-refractivity contribution in [3.8, 4) is 11.5 Å². The van der Waals surface area contributed by atoms with Gasteiger partial charge in [0, 0.05) is 6.54 Å². The molecule has 1 N–H and O–H groups in total. The van der Waals surface area contributed by atoms with Crippen molar-refractivity contribution in [1.82, 2.24) is 10.2 Å². The molecule has 2 aromatic rings. The molecular formula is C21H22N2O5. The minimum absolute atomic E-state index is 0.331. The van der Waals surface area contributed by atoms with Crippen molar-refractivity contribution in [3.05, 3.63) is 59.2 Å². The van der Waals surface area contributed by atoms with Crippen molar-refractivity contribution < 1.29 is 23.9 Å². The van der Waals surface area contributed by atoms with E-state index < -0.39 is 17.9 Å². The number of methoxy groups -OCH3 is 2. The van der Waals surface area contributed by atoms with Gasteiger partial charge in [0.15, 0.2) is 11.5 Å². The van der Waals surface area contributed by atoms with Gasteiger partial charge in [-0.1, -0.05) is 18.2 Å². The summed E-state index contributed by atoms with van der Waals surface area (Å²) >= 11 is 0. The van der Waals surface area contributed by atoms with Gasteiger partial charge in [-0.15, -0.1) is 0 Å². The third-order valence-electron chi connectivity index (χ3n) is 4.75. The van der Waals surface area contributed by atoms with Gasteiger partial charge < -0.3 is 14.8 Å². The van der Waals surface area contributed by atoms with E-state index >= 15 is 0 Å².